The highest BCUT2D eigenvalue weighted by atomic mass is 79.9. The number of hydrogen-bond donors (Lipinski definition) is 2. The molecule has 2 aromatic rings. The third-order valence-corrected chi connectivity index (χ3v) is 1.95. The highest BCUT2D eigenvalue weighted by Crippen LogP contribution is 2.14. The highest BCUT2D eigenvalue weighted by Gasteiger charge is 2.10. The second-order valence-electron chi connectivity index (χ2n) is 2.50. The lowest BCUT2D eigenvalue weighted by atomic mass is 10.4. The number of carbonyl (C=O) groups excluding carboxylic acids is 1. The van der Waals surface area contributed by atoms with Crippen molar-refractivity contribution < 1.29 is 9.21 Å². The molecule has 0 saturated carbocycles. The van der Waals surface area contributed by atoms with Gasteiger partial charge in [-0.15, -0.1) is 0 Å². The lowest BCUT2D eigenvalue weighted by molar-refractivity contribution is 0.0994. The highest BCUT2D eigenvalue weighted by molar-refractivity contribution is 9.10. The molecule has 2 N–H and O–H groups in total. The molecule has 0 fully saturated rings. The standard InChI is InChI=1S/C8H6BrN3O2/c9-6-2-1-5(14-6)7(13)12-8-10-3-4-11-8/h1-4H,(H2,10,11,12,13). The average Bonchev–Trinajstić information content (AvgIpc) is 2.75. The minimum Gasteiger partial charge on any atom is -0.444 e. The molecule has 0 aliphatic rings. The fourth-order valence-corrected chi connectivity index (χ4v) is 1.25. The molecular weight excluding hydrogens is 250 g/mol. The van der Waals surface area contributed by atoms with Gasteiger partial charge in [0.15, 0.2) is 10.4 Å². The molecule has 1 amide bonds. The van der Waals surface area contributed by atoms with E-state index >= 15 is 0 Å². The first-order valence-corrected chi connectivity index (χ1v) is 4.61. The first-order chi connectivity index (χ1) is 6.75. The summed E-state index contributed by atoms with van der Waals surface area (Å²) in [5.74, 6) is 0.279. The summed E-state index contributed by atoms with van der Waals surface area (Å²) in [6, 6.07) is 3.22. The van der Waals surface area contributed by atoms with E-state index in [0.29, 0.717) is 10.6 Å². The lowest BCUT2D eigenvalue weighted by Gasteiger charge is -1.96. The zero-order chi connectivity index (χ0) is 9.97. The Kier molecular flexibility index (Phi) is 2.36. The van der Waals surface area contributed by atoms with Crippen molar-refractivity contribution in [1.29, 1.82) is 0 Å². The number of hydrogen-bond acceptors (Lipinski definition) is 3. The maximum absolute atomic E-state index is 11.4. The molecule has 72 valence electrons. The van der Waals surface area contributed by atoms with Gasteiger partial charge in [-0.2, -0.15) is 0 Å². The van der Waals surface area contributed by atoms with E-state index in [0.717, 1.165) is 0 Å². The van der Waals surface area contributed by atoms with Gasteiger partial charge in [0, 0.05) is 12.4 Å². The monoisotopic (exact) mass is 255 g/mol. The molecule has 5 nitrogen and oxygen atoms in total. The smallest absolute Gasteiger partial charge is 0.293 e. The number of carbonyl (C=O) groups is 1. The molecule has 0 aromatic carbocycles. The number of aromatic amines is 1. The molecule has 0 aliphatic carbocycles. The van der Waals surface area contributed by atoms with E-state index < -0.39 is 0 Å². The van der Waals surface area contributed by atoms with Crippen LogP contribution < -0.4 is 5.32 Å². The van der Waals surface area contributed by atoms with E-state index in [2.05, 4.69) is 31.2 Å². The SMILES string of the molecule is O=C(Nc1ncc[nH]1)c1ccc(Br)o1. The van der Waals surface area contributed by atoms with E-state index in [1.54, 1.807) is 24.5 Å². The molecule has 0 bridgehead atoms. The molecule has 0 aliphatic heterocycles. The maximum Gasteiger partial charge on any atom is 0.293 e. The van der Waals surface area contributed by atoms with Gasteiger partial charge in [0.2, 0.25) is 5.95 Å². The number of halogens is 1. The summed E-state index contributed by atoms with van der Waals surface area (Å²) < 4.78 is 5.57. The van der Waals surface area contributed by atoms with Gasteiger partial charge in [-0.05, 0) is 28.1 Å². The van der Waals surface area contributed by atoms with Gasteiger partial charge >= 0.3 is 0 Å². The summed E-state index contributed by atoms with van der Waals surface area (Å²) in [6.07, 6.45) is 3.17. The van der Waals surface area contributed by atoms with E-state index in [1.807, 2.05) is 0 Å². The number of rotatable bonds is 2. The molecule has 0 saturated heterocycles. The molecule has 0 radical (unpaired) electrons. The van der Waals surface area contributed by atoms with Gasteiger partial charge in [-0.25, -0.2) is 4.98 Å². The van der Waals surface area contributed by atoms with E-state index in [1.165, 1.54) is 0 Å². The lowest BCUT2D eigenvalue weighted by Crippen LogP contribution is -2.11. The van der Waals surface area contributed by atoms with Gasteiger partial charge < -0.3 is 9.40 Å². The minimum absolute atomic E-state index is 0.230. The number of anilines is 1. The number of imidazole rings is 1. The normalized spacial score (nSPS) is 10.1. The molecular formula is C8H6BrN3O2. The topological polar surface area (TPSA) is 70.9 Å². The van der Waals surface area contributed by atoms with Gasteiger partial charge in [0.25, 0.3) is 5.91 Å². The molecule has 14 heavy (non-hydrogen) atoms. The van der Waals surface area contributed by atoms with Crippen molar-refractivity contribution in [3.05, 3.63) is 35.0 Å². The second-order valence-corrected chi connectivity index (χ2v) is 3.28. The van der Waals surface area contributed by atoms with Crippen LogP contribution in [0.1, 0.15) is 10.6 Å². The van der Waals surface area contributed by atoms with Crippen molar-refractivity contribution in [3.63, 3.8) is 0 Å². The van der Waals surface area contributed by atoms with Crippen LogP contribution in [0, 0.1) is 0 Å². The summed E-state index contributed by atoms with van der Waals surface area (Å²) >= 11 is 3.11. The van der Waals surface area contributed by atoms with Crippen LogP contribution in [0.5, 0.6) is 0 Å². The molecule has 2 rings (SSSR count). The van der Waals surface area contributed by atoms with Gasteiger partial charge in [0.1, 0.15) is 0 Å². The Hall–Kier alpha value is -1.56. The Morgan fingerprint density at radius 3 is 3.00 bits per heavy atom. The summed E-state index contributed by atoms with van der Waals surface area (Å²) in [7, 11) is 0. The van der Waals surface area contributed by atoms with Gasteiger partial charge in [-0.1, -0.05) is 0 Å². The third-order valence-electron chi connectivity index (χ3n) is 1.53. The number of amides is 1. The van der Waals surface area contributed by atoms with Gasteiger partial charge in [0.05, 0.1) is 0 Å². The van der Waals surface area contributed by atoms with Crippen molar-refractivity contribution in [3.8, 4) is 0 Å². The first kappa shape index (κ1) is 9.01. The van der Waals surface area contributed by atoms with Crippen LogP contribution in [0.3, 0.4) is 0 Å². The zero-order valence-electron chi connectivity index (χ0n) is 6.95. The summed E-state index contributed by atoms with van der Waals surface area (Å²) in [4.78, 5) is 18.0. The third kappa shape index (κ3) is 1.85. The quantitative estimate of drug-likeness (QED) is 0.863. The predicted octanol–water partition coefficient (Wildman–Crippen LogP) is 2.02. The Balaban J connectivity index is 2.10. The average molecular weight is 256 g/mol. The molecule has 0 spiro atoms. The van der Waals surface area contributed by atoms with Crippen molar-refractivity contribution in [2.24, 2.45) is 0 Å². The number of furan rings is 1. The molecule has 2 aromatic heterocycles. The molecule has 0 unspecified atom stereocenters. The number of nitrogens with zero attached hydrogens (tertiary/aromatic N) is 1. The number of nitrogens with one attached hydrogen (secondary N) is 2. The zero-order valence-corrected chi connectivity index (χ0v) is 8.54. The summed E-state index contributed by atoms with van der Waals surface area (Å²) in [5, 5.41) is 2.53. The minimum atomic E-state index is -0.342. The Morgan fingerprint density at radius 1 is 1.57 bits per heavy atom. The fraction of sp³-hybridized carbons (Fsp3) is 0. The maximum atomic E-state index is 11.4. The molecule has 2 heterocycles. The van der Waals surface area contributed by atoms with Gasteiger partial charge in [-0.3, -0.25) is 10.1 Å². The first-order valence-electron chi connectivity index (χ1n) is 3.82. The van der Waals surface area contributed by atoms with E-state index in [4.69, 9.17) is 4.42 Å². The van der Waals surface area contributed by atoms with Crippen LogP contribution in [0.4, 0.5) is 5.95 Å². The van der Waals surface area contributed by atoms with E-state index in [9.17, 15) is 4.79 Å². The largest absolute Gasteiger partial charge is 0.444 e. The molecule has 0 atom stereocenters. The Labute approximate surface area is 87.7 Å². The van der Waals surface area contributed by atoms with E-state index in [-0.39, 0.29) is 11.7 Å². The van der Waals surface area contributed by atoms with Crippen LogP contribution >= 0.6 is 15.9 Å². The fourth-order valence-electron chi connectivity index (χ4n) is 0.939. The van der Waals surface area contributed by atoms with Crippen molar-refractivity contribution >= 4 is 27.8 Å². The van der Waals surface area contributed by atoms with Crippen LogP contribution in [0.25, 0.3) is 0 Å². The summed E-state index contributed by atoms with van der Waals surface area (Å²) in [6.45, 7) is 0. The predicted molar refractivity (Wildman–Crippen MR) is 52.9 cm³/mol. The number of aromatic nitrogens is 2. The molecule has 6 heteroatoms. The van der Waals surface area contributed by atoms with Crippen LogP contribution in [-0.2, 0) is 0 Å². The Bertz CT molecular complexity index is 435. The van der Waals surface area contributed by atoms with Crippen LogP contribution in [0.15, 0.2) is 33.6 Å². The van der Waals surface area contributed by atoms with Crippen LogP contribution in [-0.4, -0.2) is 15.9 Å². The summed E-state index contributed by atoms with van der Waals surface area (Å²) in [5.41, 5.74) is 0. The van der Waals surface area contributed by atoms with Crippen molar-refractivity contribution in [2.75, 3.05) is 5.32 Å². The Morgan fingerprint density at radius 2 is 2.43 bits per heavy atom. The van der Waals surface area contributed by atoms with Crippen LogP contribution in [0.2, 0.25) is 0 Å². The van der Waals surface area contributed by atoms with Crippen molar-refractivity contribution in [1.82, 2.24) is 9.97 Å². The van der Waals surface area contributed by atoms with Crippen molar-refractivity contribution in [2.45, 2.75) is 0 Å². The second kappa shape index (κ2) is 3.67. The number of H-pyrrole nitrogens is 1.